The Morgan fingerprint density at radius 2 is 1.58 bits per heavy atom. The number of benzene rings is 2. The van der Waals surface area contributed by atoms with E-state index in [1.165, 1.54) is 16.7 Å². The van der Waals surface area contributed by atoms with Crippen LogP contribution in [-0.4, -0.2) is 23.2 Å². The first kappa shape index (κ1) is 16.7. The third-order valence-corrected chi connectivity index (χ3v) is 4.75. The number of carbonyl (C=O) groups is 1. The Kier molecular flexibility index (Phi) is 4.22. The fourth-order valence-electron chi connectivity index (χ4n) is 3.27. The van der Waals surface area contributed by atoms with Crippen LogP contribution in [0.25, 0.3) is 0 Å². The fourth-order valence-corrected chi connectivity index (χ4v) is 3.27. The van der Waals surface area contributed by atoms with Gasteiger partial charge in [0.15, 0.2) is 0 Å². The van der Waals surface area contributed by atoms with Gasteiger partial charge in [-0.2, -0.15) is 0 Å². The molecule has 0 aliphatic heterocycles. The first-order valence-electron chi connectivity index (χ1n) is 8.45. The lowest BCUT2D eigenvalue weighted by atomic mass is 9.86. The summed E-state index contributed by atoms with van der Waals surface area (Å²) in [5.74, 6) is -0.139. The average Bonchev–Trinajstić information content (AvgIpc) is 2.88. The molecule has 0 radical (unpaired) electrons. The highest BCUT2D eigenvalue weighted by Crippen LogP contribution is 2.29. The minimum absolute atomic E-state index is 0.0692. The van der Waals surface area contributed by atoms with Gasteiger partial charge in [-0.1, -0.05) is 57.2 Å². The zero-order valence-corrected chi connectivity index (χ0v) is 14.6. The maximum Gasteiger partial charge on any atom is 0.251 e. The van der Waals surface area contributed by atoms with Crippen molar-refractivity contribution in [1.82, 2.24) is 5.32 Å². The number of amides is 1. The maximum atomic E-state index is 12.4. The molecule has 0 fully saturated rings. The largest absolute Gasteiger partial charge is 0.387 e. The third kappa shape index (κ3) is 3.51. The second-order valence-electron chi connectivity index (χ2n) is 7.86. The van der Waals surface area contributed by atoms with Crippen molar-refractivity contribution in [2.24, 2.45) is 0 Å². The lowest BCUT2D eigenvalue weighted by Gasteiger charge is -2.23. The maximum absolute atomic E-state index is 12.4. The minimum Gasteiger partial charge on any atom is -0.387 e. The summed E-state index contributed by atoms with van der Waals surface area (Å²) in [5.41, 5.74) is 3.35. The van der Waals surface area contributed by atoms with E-state index in [2.05, 4.69) is 26.1 Å². The summed E-state index contributed by atoms with van der Waals surface area (Å²) in [6.07, 6.45) is 1.18. The second kappa shape index (κ2) is 6.06. The molecule has 0 bridgehead atoms. The Labute approximate surface area is 143 Å². The van der Waals surface area contributed by atoms with Crippen LogP contribution in [0.2, 0.25) is 0 Å². The zero-order chi connectivity index (χ0) is 17.4. The molecule has 0 heterocycles. The molecule has 3 heteroatoms. The van der Waals surface area contributed by atoms with Crippen molar-refractivity contribution in [3.05, 3.63) is 70.8 Å². The van der Waals surface area contributed by atoms with Crippen LogP contribution in [0.3, 0.4) is 0 Å². The van der Waals surface area contributed by atoms with Crippen molar-refractivity contribution in [3.63, 3.8) is 0 Å². The van der Waals surface area contributed by atoms with Crippen molar-refractivity contribution in [2.45, 2.75) is 44.6 Å². The lowest BCUT2D eigenvalue weighted by Crippen LogP contribution is -2.43. The molecule has 3 rings (SSSR count). The van der Waals surface area contributed by atoms with E-state index in [1.54, 1.807) is 0 Å². The van der Waals surface area contributed by atoms with Crippen LogP contribution < -0.4 is 5.32 Å². The fraction of sp³-hybridized carbons (Fsp3) is 0.381. The van der Waals surface area contributed by atoms with Gasteiger partial charge >= 0.3 is 0 Å². The monoisotopic (exact) mass is 323 g/mol. The highest BCUT2D eigenvalue weighted by Gasteiger charge is 2.35. The molecule has 1 amide bonds. The minimum atomic E-state index is -0.884. The van der Waals surface area contributed by atoms with Gasteiger partial charge in [0, 0.05) is 24.9 Å². The zero-order valence-electron chi connectivity index (χ0n) is 14.6. The molecule has 1 aliphatic rings. The van der Waals surface area contributed by atoms with Gasteiger partial charge in [-0.3, -0.25) is 4.79 Å². The molecule has 0 spiro atoms. The van der Waals surface area contributed by atoms with Gasteiger partial charge < -0.3 is 10.4 Å². The highest BCUT2D eigenvalue weighted by molar-refractivity contribution is 5.94. The van der Waals surface area contributed by atoms with Gasteiger partial charge in [0.2, 0.25) is 0 Å². The molecule has 2 aromatic carbocycles. The molecular formula is C21H25NO2. The van der Waals surface area contributed by atoms with Gasteiger partial charge in [0.1, 0.15) is 0 Å². The second-order valence-corrected chi connectivity index (χ2v) is 7.86. The molecule has 2 N–H and O–H groups in total. The highest BCUT2D eigenvalue weighted by atomic mass is 16.3. The first-order valence-corrected chi connectivity index (χ1v) is 8.45. The van der Waals surface area contributed by atoms with E-state index < -0.39 is 5.60 Å². The molecule has 0 unspecified atom stereocenters. The van der Waals surface area contributed by atoms with E-state index in [4.69, 9.17) is 0 Å². The van der Waals surface area contributed by atoms with Crippen molar-refractivity contribution in [3.8, 4) is 0 Å². The van der Waals surface area contributed by atoms with E-state index in [0.29, 0.717) is 18.4 Å². The molecule has 0 saturated heterocycles. The average molecular weight is 323 g/mol. The predicted octanol–water partition coefficient (Wildman–Crippen LogP) is 3.24. The molecule has 0 saturated carbocycles. The first-order chi connectivity index (χ1) is 11.3. The summed E-state index contributed by atoms with van der Waals surface area (Å²) >= 11 is 0. The Bertz CT molecular complexity index is 716. The molecular weight excluding hydrogens is 298 g/mol. The normalized spacial score (nSPS) is 15.8. The van der Waals surface area contributed by atoms with Crippen LogP contribution in [0.5, 0.6) is 0 Å². The smallest absolute Gasteiger partial charge is 0.251 e. The molecule has 0 atom stereocenters. The van der Waals surface area contributed by atoms with E-state index in [9.17, 15) is 9.90 Å². The quantitative estimate of drug-likeness (QED) is 0.911. The van der Waals surface area contributed by atoms with Crippen LogP contribution in [0, 0.1) is 0 Å². The number of hydrogen-bond acceptors (Lipinski definition) is 2. The summed E-state index contributed by atoms with van der Waals surface area (Å²) in [6, 6.07) is 15.7. The molecule has 1 aliphatic carbocycles. The van der Waals surface area contributed by atoms with Crippen LogP contribution in [0.4, 0.5) is 0 Å². The van der Waals surface area contributed by atoms with Crippen molar-refractivity contribution in [1.29, 1.82) is 0 Å². The summed E-state index contributed by atoms with van der Waals surface area (Å²) in [6.45, 7) is 6.71. The van der Waals surface area contributed by atoms with Crippen LogP contribution >= 0.6 is 0 Å². The summed E-state index contributed by atoms with van der Waals surface area (Å²) in [5, 5.41) is 13.6. The molecule has 2 aromatic rings. The van der Waals surface area contributed by atoms with E-state index >= 15 is 0 Å². The standard InChI is InChI=1S/C21H25NO2/c1-20(2,3)18-10-8-15(9-11-18)19(23)22-14-21(24)12-16-6-4-5-7-17(16)13-21/h4-11,24H,12-14H2,1-3H3,(H,22,23). The predicted molar refractivity (Wildman–Crippen MR) is 96.3 cm³/mol. The van der Waals surface area contributed by atoms with Gasteiger partial charge in [0.05, 0.1) is 5.60 Å². The van der Waals surface area contributed by atoms with Crippen LogP contribution in [0.15, 0.2) is 48.5 Å². The van der Waals surface area contributed by atoms with Crippen molar-refractivity contribution < 1.29 is 9.90 Å². The van der Waals surface area contributed by atoms with Gasteiger partial charge in [-0.05, 0) is 34.2 Å². The summed E-state index contributed by atoms with van der Waals surface area (Å²) < 4.78 is 0. The Morgan fingerprint density at radius 1 is 1.04 bits per heavy atom. The number of nitrogens with one attached hydrogen (secondary N) is 1. The van der Waals surface area contributed by atoms with Gasteiger partial charge in [0.25, 0.3) is 5.91 Å². The van der Waals surface area contributed by atoms with E-state index in [1.807, 2.05) is 48.5 Å². The van der Waals surface area contributed by atoms with Crippen LogP contribution in [-0.2, 0) is 18.3 Å². The van der Waals surface area contributed by atoms with E-state index in [0.717, 1.165) is 0 Å². The number of rotatable bonds is 3. The lowest BCUT2D eigenvalue weighted by molar-refractivity contribution is 0.0480. The van der Waals surface area contributed by atoms with Crippen LogP contribution in [0.1, 0.15) is 47.8 Å². The van der Waals surface area contributed by atoms with E-state index in [-0.39, 0.29) is 17.9 Å². The van der Waals surface area contributed by atoms with Gasteiger partial charge in [-0.25, -0.2) is 0 Å². The Balaban J connectivity index is 1.62. The number of carbonyl (C=O) groups excluding carboxylic acids is 1. The number of fused-ring (bicyclic) bond motifs is 1. The topological polar surface area (TPSA) is 49.3 Å². The summed E-state index contributed by atoms with van der Waals surface area (Å²) in [7, 11) is 0. The summed E-state index contributed by atoms with van der Waals surface area (Å²) in [4.78, 5) is 12.4. The molecule has 126 valence electrons. The Hall–Kier alpha value is -2.13. The number of hydrogen-bond donors (Lipinski definition) is 2. The van der Waals surface area contributed by atoms with Crippen molar-refractivity contribution >= 4 is 5.91 Å². The van der Waals surface area contributed by atoms with Gasteiger partial charge in [-0.15, -0.1) is 0 Å². The SMILES string of the molecule is CC(C)(C)c1ccc(C(=O)NCC2(O)Cc3ccccc3C2)cc1. The molecule has 24 heavy (non-hydrogen) atoms. The number of aliphatic hydroxyl groups is 1. The third-order valence-electron chi connectivity index (χ3n) is 4.75. The molecule has 3 nitrogen and oxygen atoms in total. The molecule has 0 aromatic heterocycles. The Morgan fingerprint density at radius 3 is 2.08 bits per heavy atom. The van der Waals surface area contributed by atoms with Crippen molar-refractivity contribution in [2.75, 3.05) is 6.54 Å².